The lowest BCUT2D eigenvalue weighted by Crippen LogP contribution is -2.31. The van der Waals surface area contributed by atoms with Gasteiger partial charge >= 0.3 is 0 Å². The first-order valence-electron chi connectivity index (χ1n) is 7.48. The SMILES string of the molecule is Cc1noc(CC(c2ccc(F)cc2)C2CCNCC2)n1. The molecule has 1 atom stereocenters. The Balaban J connectivity index is 1.84. The van der Waals surface area contributed by atoms with E-state index in [2.05, 4.69) is 15.5 Å². The Morgan fingerprint density at radius 1 is 1.29 bits per heavy atom. The number of piperidine rings is 1. The van der Waals surface area contributed by atoms with Gasteiger partial charge in [-0.05, 0) is 62.4 Å². The lowest BCUT2D eigenvalue weighted by molar-refractivity contribution is 0.290. The van der Waals surface area contributed by atoms with Crippen molar-refractivity contribution in [3.05, 3.63) is 47.4 Å². The van der Waals surface area contributed by atoms with Crippen LogP contribution in [0.25, 0.3) is 0 Å². The monoisotopic (exact) mass is 289 g/mol. The van der Waals surface area contributed by atoms with Crippen LogP contribution in [0.2, 0.25) is 0 Å². The van der Waals surface area contributed by atoms with Gasteiger partial charge in [-0.1, -0.05) is 17.3 Å². The van der Waals surface area contributed by atoms with Gasteiger partial charge in [0.1, 0.15) is 5.82 Å². The highest BCUT2D eigenvalue weighted by atomic mass is 19.1. The molecule has 112 valence electrons. The molecule has 1 aliphatic rings. The van der Waals surface area contributed by atoms with E-state index in [9.17, 15) is 4.39 Å². The average molecular weight is 289 g/mol. The number of hydrogen-bond acceptors (Lipinski definition) is 4. The molecule has 0 radical (unpaired) electrons. The summed E-state index contributed by atoms with van der Waals surface area (Å²) in [4.78, 5) is 4.32. The summed E-state index contributed by atoms with van der Waals surface area (Å²) >= 11 is 0. The molecule has 2 aromatic rings. The molecule has 2 heterocycles. The number of halogens is 1. The van der Waals surface area contributed by atoms with Crippen LogP contribution in [-0.2, 0) is 6.42 Å². The Morgan fingerprint density at radius 2 is 2.00 bits per heavy atom. The van der Waals surface area contributed by atoms with Crippen molar-refractivity contribution in [2.75, 3.05) is 13.1 Å². The molecule has 1 aromatic carbocycles. The van der Waals surface area contributed by atoms with Crippen LogP contribution in [0.5, 0.6) is 0 Å². The van der Waals surface area contributed by atoms with Crippen molar-refractivity contribution in [2.24, 2.45) is 5.92 Å². The smallest absolute Gasteiger partial charge is 0.227 e. The first-order chi connectivity index (χ1) is 10.2. The molecule has 1 saturated heterocycles. The van der Waals surface area contributed by atoms with Crippen LogP contribution >= 0.6 is 0 Å². The van der Waals surface area contributed by atoms with Crippen molar-refractivity contribution in [3.8, 4) is 0 Å². The summed E-state index contributed by atoms with van der Waals surface area (Å²) in [6, 6.07) is 6.82. The second kappa shape index (κ2) is 6.35. The third-order valence-corrected chi connectivity index (χ3v) is 4.22. The molecule has 0 spiro atoms. The lowest BCUT2D eigenvalue weighted by Gasteiger charge is -2.30. The van der Waals surface area contributed by atoms with Gasteiger partial charge in [0.15, 0.2) is 5.82 Å². The topological polar surface area (TPSA) is 51.0 Å². The first-order valence-corrected chi connectivity index (χ1v) is 7.48. The average Bonchev–Trinajstić information content (AvgIpc) is 2.92. The Hall–Kier alpha value is -1.75. The van der Waals surface area contributed by atoms with Crippen LogP contribution in [0.15, 0.2) is 28.8 Å². The molecular weight excluding hydrogens is 269 g/mol. The number of rotatable bonds is 4. The molecule has 3 rings (SSSR count). The van der Waals surface area contributed by atoms with Crippen molar-refractivity contribution < 1.29 is 8.91 Å². The van der Waals surface area contributed by atoms with Gasteiger partial charge in [-0.25, -0.2) is 4.39 Å². The normalized spacial score (nSPS) is 17.8. The van der Waals surface area contributed by atoms with E-state index in [4.69, 9.17) is 4.52 Å². The van der Waals surface area contributed by atoms with Gasteiger partial charge in [0, 0.05) is 6.42 Å². The minimum absolute atomic E-state index is 0.198. The maximum absolute atomic E-state index is 13.2. The number of aromatic nitrogens is 2. The molecule has 1 unspecified atom stereocenters. The molecule has 0 aliphatic carbocycles. The van der Waals surface area contributed by atoms with Gasteiger partial charge < -0.3 is 9.84 Å². The number of benzene rings is 1. The predicted molar refractivity (Wildman–Crippen MR) is 77.5 cm³/mol. The van der Waals surface area contributed by atoms with Crippen molar-refractivity contribution in [1.82, 2.24) is 15.5 Å². The van der Waals surface area contributed by atoms with Crippen LogP contribution in [0.1, 0.15) is 36.0 Å². The van der Waals surface area contributed by atoms with E-state index in [0.717, 1.165) is 37.9 Å². The van der Waals surface area contributed by atoms with Gasteiger partial charge in [0.2, 0.25) is 5.89 Å². The molecule has 21 heavy (non-hydrogen) atoms. The Bertz CT molecular complexity index is 575. The van der Waals surface area contributed by atoms with Gasteiger partial charge in [-0.15, -0.1) is 0 Å². The maximum atomic E-state index is 13.2. The molecule has 4 nitrogen and oxygen atoms in total. The zero-order valence-electron chi connectivity index (χ0n) is 12.2. The first kappa shape index (κ1) is 14.2. The molecule has 1 N–H and O–H groups in total. The summed E-state index contributed by atoms with van der Waals surface area (Å²) in [6.45, 7) is 3.89. The molecule has 5 heteroatoms. The minimum atomic E-state index is -0.198. The zero-order chi connectivity index (χ0) is 14.7. The fourth-order valence-corrected chi connectivity index (χ4v) is 3.12. The summed E-state index contributed by atoms with van der Waals surface area (Å²) in [5.41, 5.74) is 1.15. The second-order valence-electron chi connectivity index (χ2n) is 5.68. The van der Waals surface area contributed by atoms with Gasteiger partial charge in [-0.2, -0.15) is 4.98 Å². The summed E-state index contributed by atoms with van der Waals surface area (Å²) < 4.78 is 18.5. The van der Waals surface area contributed by atoms with Crippen LogP contribution in [-0.4, -0.2) is 23.2 Å². The van der Waals surface area contributed by atoms with E-state index >= 15 is 0 Å². The predicted octanol–water partition coefficient (Wildman–Crippen LogP) is 2.84. The van der Waals surface area contributed by atoms with Crippen LogP contribution < -0.4 is 5.32 Å². The molecule has 0 saturated carbocycles. The summed E-state index contributed by atoms with van der Waals surface area (Å²) in [5, 5.41) is 7.25. The van der Waals surface area contributed by atoms with Crippen molar-refractivity contribution >= 4 is 0 Å². The molecular formula is C16H20FN3O. The van der Waals surface area contributed by atoms with E-state index in [1.54, 1.807) is 0 Å². The van der Waals surface area contributed by atoms with Crippen molar-refractivity contribution in [3.63, 3.8) is 0 Å². The third-order valence-electron chi connectivity index (χ3n) is 4.22. The summed E-state index contributed by atoms with van der Waals surface area (Å²) in [7, 11) is 0. The highest BCUT2D eigenvalue weighted by molar-refractivity contribution is 5.22. The molecule has 1 aliphatic heterocycles. The zero-order valence-corrected chi connectivity index (χ0v) is 12.2. The standard InChI is InChI=1S/C16H20FN3O/c1-11-19-16(21-20-11)10-15(13-6-8-18-9-7-13)12-2-4-14(17)5-3-12/h2-5,13,15,18H,6-10H2,1H3. The van der Waals surface area contributed by atoms with Crippen molar-refractivity contribution in [2.45, 2.75) is 32.1 Å². The number of nitrogens with zero attached hydrogens (tertiary/aromatic N) is 2. The number of aryl methyl sites for hydroxylation is 1. The Kier molecular flexibility index (Phi) is 4.29. The largest absolute Gasteiger partial charge is 0.339 e. The summed E-state index contributed by atoms with van der Waals surface area (Å²) in [6.07, 6.45) is 2.96. The van der Waals surface area contributed by atoms with E-state index < -0.39 is 0 Å². The highest BCUT2D eigenvalue weighted by Crippen LogP contribution is 2.33. The molecule has 1 fully saturated rings. The quantitative estimate of drug-likeness (QED) is 0.940. The lowest BCUT2D eigenvalue weighted by atomic mass is 9.78. The fourth-order valence-electron chi connectivity index (χ4n) is 3.12. The van der Waals surface area contributed by atoms with E-state index in [0.29, 0.717) is 23.6 Å². The van der Waals surface area contributed by atoms with Gasteiger partial charge in [-0.3, -0.25) is 0 Å². The minimum Gasteiger partial charge on any atom is -0.339 e. The van der Waals surface area contributed by atoms with Crippen LogP contribution in [0.3, 0.4) is 0 Å². The third kappa shape index (κ3) is 3.47. The van der Waals surface area contributed by atoms with E-state index in [1.165, 1.54) is 12.1 Å². The van der Waals surface area contributed by atoms with Gasteiger partial charge in [0.05, 0.1) is 0 Å². The number of nitrogens with one attached hydrogen (secondary N) is 1. The summed E-state index contributed by atoms with van der Waals surface area (Å²) in [5.74, 6) is 1.99. The van der Waals surface area contributed by atoms with E-state index in [1.807, 2.05) is 19.1 Å². The van der Waals surface area contributed by atoms with Crippen LogP contribution in [0.4, 0.5) is 4.39 Å². The second-order valence-corrected chi connectivity index (χ2v) is 5.68. The number of hydrogen-bond donors (Lipinski definition) is 1. The van der Waals surface area contributed by atoms with E-state index in [-0.39, 0.29) is 5.82 Å². The maximum Gasteiger partial charge on any atom is 0.227 e. The van der Waals surface area contributed by atoms with Crippen LogP contribution in [0, 0.1) is 18.7 Å². The van der Waals surface area contributed by atoms with Gasteiger partial charge in [0.25, 0.3) is 0 Å². The molecule has 0 amide bonds. The Labute approximate surface area is 123 Å². The fraction of sp³-hybridized carbons (Fsp3) is 0.500. The highest BCUT2D eigenvalue weighted by Gasteiger charge is 2.27. The van der Waals surface area contributed by atoms with Crippen molar-refractivity contribution in [1.29, 1.82) is 0 Å². The molecule has 1 aromatic heterocycles. The molecule has 0 bridgehead atoms. The Morgan fingerprint density at radius 3 is 2.62 bits per heavy atom.